The van der Waals surface area contributed by atoms with Crippen LogP contribution in [0.2, 0.25) is 0 Å². The second kappa shape index (κ2) is 5.18. The lowest BCUT2D eigenvalue weighted by molar-refractivity contribution is -0.384. The Morgan fingerprint density at radius 2 is 2.05 bits per heavy atom. The van der Waals surface area contributed by atoms with E-state index < -0.39 is 0 Å². The van der Waals surface area contributed by atoms with Gasteiger partial charge in [-0.15, -0.1) is 0 Å². The van der Waals surface area contributed by atoms with E-state index in [0.29, 0.717) is 0 Å². The second-order valence-corrected chi connectivity index (χ2v) is 5.21. The van der Waals surface area contributed by atoms with Crippen LogP contribution in [0, 0.1) is 10.1 Å². The van der Waals surface area contributed by atoms with Crippen molar-refractivity contribution in [3.63, 3.8) is 0 Å². The molecule has 1 aliphatic heterocycles. The van der Waals surface area contributed by atoms with Crippen molar-refractivity contribution in [3.8, 4) is 0 Å². The first-order chi connectivity index (χ1) is 9.63. The van der Waals surface area contributed by atoms with Gasteiger partial charge in [-0.2, -0.15) is 5.10 Å². The van der Waals surface area contributed by atoms with Crippen molar-refractivity contribution >= 4 is 16.6 Å². The fraction of sp³-hybridized carbons (Fsp3) is 0.462. The van der Waals surface area contributed by atoms with Crippen LogP contribution in [-0.2, 0) is 6.67 Å². The molecule has 1 fully saturated rings. The number of likely N-dealkylation sites (N-methyl/N-ethyl adjacent to an activating group) is 1. The third-order valence-corrected chi connectivity index (χ3v) is 3.77. The van der Waals surface area contributed by atoms with E-state index in [1.165, 1.54) is 6.07 Å². The molecule has 0 aliphatic carbocycles. The Kier molecular flexibility index (Phi) is 3.37. The number of nitrogens with zero attached hydrogens (tertiary/aromatic N) is 5. The Bertz CT molecular complexity index is 631. The van der Waals surface area contributed by atoms with E-state index in [4.69, 9.17) is 0 Å². The highest BCUT2D eigenvalue weighted by Crippen LogP contribution is 2.20. The van der Waals surface area contributed by atoms with Crippen LogP contribution in [0.4, 0.5) is 5.69 Å². The summed E-state index contributed by atoms with van der Waals surface area (Å²) in [5.74, 6) is 0. The van der Waals surface area contributed by atoms with Gasteiger partial charge in [0.2, 0.25) is 0 Å². The molecule has 1 aromatic carbocycles. The first-order valence-corrected chi connectivity index (χ1v) is 6.64. The van der Waals surface area contributed by atoms with Gasteiger partial charge in [-0.3, -0.25) is 19.7 Å². The normalized spacial score (nSPS) is 17.6. The summed E-state index contributed by atoms with van der Waals surface area (Å²) in [5, 5.41) is 15.9. The molecule has 7 nitrogen and oxygen atoms in total. The number of rotatable bonds is 3. The van der Waals surface area contributed by atoms with Crippen LogP contribution in [0.25, 0.3) is 10.9 Å². The molecule has 1 aromatic heterocycles. The summed E-state index contributed by atoms with van der Waals surface area (Å²) in [6, 6.07) is 4.88. The summed E-state index contributed by atoms with van der Waals surface area (Å²) >= 11 is 0. The highest BCUT2D eigenvalue weighted by atomic mass is 16.6. The number of hydrogen-bond donors (Lipinski definition) is 0. The lowest BCUT2D eigenvalue weighted by Gasteiger charge is -2.32. The molecule has 0 radical (unpaired) electrons. The summed E-state index contributed by atoms with van der Waals surface area (Å²) in [4.78, 5) is 15.0. The van der Waals surface area contributed by atoms with Crippen LogP contribution in [0.3, 0.4) is 0 Å². The summed E-state index contributed by atoms with van der Waals surface area (Å²) in [7, 11) is 2.12. The maximum Gasteiger partial charge on any atom is 0.270 e. The Hall–Kier alpha value is -1.99. The van der Waals surface area contributed by atoms with Gasteiger partial charge in [0.15, 0.2) is 0 Å². The zero-order chi connectivity index (χ0) is 14.1. The molecule has 1 saturated heterocycles. The molecule has 0 atom stereocenters. The largest absolute Gasteiger partial charge is 0.304 e. The van der Waals surface area contributed by atoms with Crippen molar-refractivity contribution in [3.05, 3.63) is 34.5 Å². The highest BCUT2D eigenvalue weighted by Gasteiger charge is 2.16. The van der Waals surface area contributed by atoms with Crippen molar-refractivity contribution in [1.82, 2.24) is 19.6 Å². The number of hydrogen-bond acceptors (Lipinski definition) is 5. The maximum atomic E-state index is 10.8. The van der Waals surface area contributed by atoms with Gasteiger partial charge in [0.05, 0.1) is 23.3 Å². The predicted octanol–water partition coefficient (Wildman–Crippen LogP) is 1.15. The molecule has 0 bridgehead atoms. The minimum Gasteiger partial charge on any atom is -0.304 e. The van der Waals surface area contributed by atoms with Crippen LogP contribution in [0.15, 0.2) is 24.4 Å². The summed E-state index contributed by atoms with van der Waals surface area (Å²) in [5.41, 5.74) is 1.05. The highest BCUT2D eigenvalue weighted by molar-refractivity contribution is 5.81. The van der Waals surface area contributed by atoms with Crippen LogP contribution < -0.4 is 0 Å². The van der Waals surface area contributed by atoms with Gasteiger partial charge in [0.1, 0.15) is 0 Å². The molecule has 2 aromatic rings. The molecule has 0 N–H and O–H groups in total. The van der Waals surface area contributed by atoms with Gasteiger partial charge in [-0.25, -0.2) is 0 Å². The van der Waals surface area contributed by atoms with E-state index in [1.807, 2.05) is 4.68 Å². The van der Waals surface area contributed by atoms with Gasteiger partial charge in [0, 0.05) is 43.7 Å². The zero-order valence-electron chi connectivity index (χ0n) is 11.4. The van der Waals surface area contributed by atoms with E-state index in [1.54, 1.807) is 18.3 Å². The molecule has 106 valence electrons. The average molecular weight is 275 g/mol. The molecule has 0 unspecified atom stereocenters. The molecular weight excluding hydrogens is 258 g/mol. The summed E-state index contributed by atoms with van der Waals surface area (Å²) in [6.45, 7) is 4.89. The third-order valence-electron chi connectivity index (χ3n) is 3.77. The van der Waals surface area contributed by atoms with Crippen LogP contribution in [0.5, 0.6) is 0 Å². The average Bonchev–Trinajstić information content (AvgIpc) is 2.84. The number of benzene rings is 1. The van der Waals surface area contributed by atoms with Gasteiger partial charge in [-0.05, 0) is 13.1 Å². The first-order valence-electron chi connectivity index (χ1n) is 6.64. The van der Waals surface area contributed by atoms with Gasteiger partial charge in [-0.1, -0.05) is 0 Å². The fourth-order valence-corrected chi connectivity index (χ4v) is 2.48. The van der Waals surface area contributed by atoms with E-state index in [0.717, 1.165) is 43.8 Å². The Morgan fingerprint density at radius 3 is 2.75 bits per heavy atom. The van der Waals surface area contributed by atoms with Gasteiger partial charge in [0.25, 0.3) is 5.69 Å². The number of nitro benzene ring substituents is 1. The summed E-state index contributed by atoms with van der Waals surface area (Å²) < 4.78 is 1.91. The van der Waals surface area contributed by atoms with Crippen molar-refractivity contribution in [2.75, 3.05) is 33.2 Å². The molecule has 3 rings (SSSR count). The molecule has 0 spiro atoms. The minimum absolute atomic E-state index is 0.108. The lowest BCUT2D eigenvalue weighted by atomic mass is 10.2. The van der Waals surface area contributed by atoms with E-state index in [2.05, 4.69) is 21.9 Å². The minimum atomic E-state index is -0.378. The third kappa shape index (κ3) is 2.50. The monoisotopic (exact) mass is 275 g/mol. The van der Waals surface area contributed by atoms with E-state index >= 15 is 0 Å². The van der Waals surface area contributed by atoms with Crippen LogP contribution in [0.1, 0.15) is 0 Å². The number of non-ortho nitro benzene ring substituents is 1. The zero-order valence-corrected chi connectivity index (χ0v) is 11.4. The number of fused-ring (bicyclic) bond motifs is 1. The second-order valence-electron chi connectivity index (χ2n) is 5.21. The smallest absolute Gasteiger partial charge is 0.270 e. The Labute approximate surface area is 116 Å². The lowest BCUT2D eigenvalue weighted by Crippen LogP contribution is -2.45. The molecule has 2 heterocycles. The molecule has 20 heavy (non-hydrogen) atoms. The number of nitro groups is 1. The van der Waals surface area contributed by atoms with Gasteiger partial charge < -0.3 is 4.90 Å². The van der Waals surface area contributed by atoms with Crippen molar-refractivity contribution in [2.24, 2.45) is 0 Å². The molecule has 0 amide bonds. The maximum absolute atomic E-state index is 10.8. The fourth-order valence-electron chi connectivity index (χ4n) is 2.48. The number of aromatic nitrogens is 2. The SMILES string of the molecule is CN1CCN(Cn2ncc3cc([N+](=O)[O-])ccc32)CC1. The molecule has 1 aliphatic rings. The first kappa shape index (κ1) is 13.0. The van der Waals surface area contributed by atoms with Gasteiger partial charge >= 0.3 is 0 Å². The van der Waals surface area contributed by atoms with Crippen molar-refractivity contribution in [2.45, 2.75) is 6.67 Å². The van der Waals surface area contributed by atoms with Crippen molar-refractivity contribution in [1.29, 1.82) is 0 Å². The standard InChI is InChI=1S/C13H17N5O2/c1-15-4-6-16(7-5-15)10-17-13-3-2-12(18(19)20)8-11(13)9-14-17/h2-3,8-9H,4-7,10H2,1H3. The predicted molar refractivity (Wildman–Crippen MR) is 75.5 cm³/mol. The van der Waals surface area contributed by atoms with E-state index in [-0.39, 0.29) is 10.6 Å². The Balaban J connectivity index is 1.80. The number of piperazine rings is 1. The van der Waals surface area contributed by atoms with Crippen LogP contribution >= 0.6 is 0 Å². The Morgan fingerprint density at radius 1 is 1.30 bits per heavy atom. The topological polar surface area (TPSA) is 67.4 Å². The van der Waals surface area contributed by atoms with Crippen LogP contribution in [-0.4, -0.2) is 57.7 Å². The van der Waals surface area contributed by atoms with Crippen molar-refractivity contribution < 1.29 is 4.92 Å². The molecule has 7 heteroatoms. The quantitative estimate of drug-likeness (QED) is 0.621. The van der Waals surface area contributed by atoms with E-state index in [9.17, 15) is 10.1 Å². The molecule has 0 saturated carbocycles. The summed E-state index contributed by atoms with van der Waals surface area (Å²) in [6.07, 6.45) is 1.69. The molecular formula is C13H17N5O2.